The summed E-state index contributed by atoms with van der Waals surface area (Å²) < 4.78 is 45.5. The van der Waals surface area contributed by atoms with Crippen LogP contribution >= 0.6 is 0 Å². The minimum atomic E-state index is -0.709. The fraction of sp³-hybridized carbons (Fsp3) is 0.211. The molecule has 1 fully saturated rings. The number of hydrogen-bond donors (Lipinski definition) is 0. The first kappa shape index (κ1) is 17.3. The average molecular weight is 373 g/mol. The van der Waals surface area contributed by atoms with Crippen molar-refractivity contribution in [3.8, 4) is 11.4 Å². The molecule has 1 amide bonds. The monoisotopic (exact) mass is 373 g/mol. The quantitative estimate of drug-likeness (QED) is 0.693. The van der Waals surface area contributed by atoms with Gasteiger partial charge < -0.3 is 9.42 Å². The van der Waals surface area contributed by atoms with E-state index >= 15 is 0 Å². The van der Waals surface area contributed by atoms with Gasteiger partial charge >= 0.3 is 0 Å². The van der Waals surface area contributed by atoms with E-state index in [0.717, 1.165) is 6.07 Å². The Morgan fingerprint density at radius 3 is 2.59 bits per heavy atom. The smallest absolute Gasteiger partial charge is 0.249 e. The Bertz CT molecular complexity index is 985. The zero-order chi connectivity index (χ0) is 19.0. The Kier molecular flexibility index (Phi) is 4.39. The summed E-state index contributed by atoms with van der Waals surface area (Å²) in [5.41, 5.74) is 0.783. The largest absolute Gasteiger partial charge is 0.337 e. The van der Waals surface area contributed by atoms with Crippen molar-refractivity contribution in [1.29, 1.82) is 0 Å². The van der Waals surface area contributed by atoms with E-state index in [9.17, 15) is 18.0 Å². The molecule has 0 spiro atoms. The number of aromatic nitrogens is 2. The van der Waals surface area contributed by atoms with Gasteiger partial charge in [-0.2, -0.15) is 4.98 Å². The topological polar surface area (TPSA) is 59.2 Å². The minimum Gasteiger partial charge on any atom is -0.337 e. The van der Waals surface area contributed by atoms with Gasteiger partial charge in [-0.05, 0) is 36.2 Å². The third-order valence-electron chi connectivity index (χ3n) is 4.41. The molecule has 3 aromatic rings. The summed E-state index contributed by atoms with van der Waals surface area (Å²) in [6.07, 6.45) is 0.710. The van der Waals surface area contributed by atoms with Crippen molar-refractivity contribution < 1.29 is 22.5 Å². The highest BCUT2D eigenvalue weighted by atomic mass is 19.1. The summed E-state index contributed by atoms with van der Waals surface area (Å²) >= 11 is 0. The molecule has 1 aliphatic heterocycles. The molecular formula is C19H14F3N3O2. The summed E-state index contributed by atoms with van der Waals surface area (Å²) in [7, 11) is 0. The maximum atomic E-state index is 13.4. The molecule has 8 heteroatoms. The Morgan fingerprint density at radius 2 is 1.85 bits per heavy atom. The van der Waals surface area contributed by atoms with E-state index in [2.05, 4.69) is 10.1 Å². The van der Waals surface area contributed by atoms with Gasteiger partial charge in [0, 0.05) is 24.6 Å². The molecule has 1 aromatic heterocycles. The van der Waals surface area contributed by atoms with Gasteiger partial charge in [0.2, 0.25) is 17.6 Å². The molecule has 0 radical (unpaired) electrons. The summed E-state index contributed by atoms with van der Waals surface area (Å²) in [5, 5.41) is 3.86. The molecule has 4 rings (SSSR count). The molecule has 27 heavy (non-hydrogen) atoms. The van der Waals surface area contributed by atoms with E-state index in [4.69, 9.17) is 4.52 Å². The van der Waals surface area contributed by atoms with Gasteiger partial charge in [0.1, 0.15) is 23.5 Å². The molecule has 1 atom stereocenters. The molecule has 1 unspecified atom stereocenters. The Hall–Kier alpha value is -3.16. The molecule has 2 heterocycles. The van der Waals surface area contributed by atoms with Crippen LogP contribution in [0.4, 0.5) is 13.2 Å². The van der Waals surface area contributed by atoms with Gasteiger partial charge in [-0.15, -0.1) is 0 Å². The molecule has 2 aromatic carbocycles. The second kappa shape index (κ2) is 6.86. The highest BCUT2D eigenvalue weighted by Crippen LogP contribution is 2.34. The predicted octanol–water partition coefficient (Wildman–Crippen LogP) is 4.02. The molecule has 138 valence electrons. The van der Waals surface area contributed by atoms with Crippen LogP contribution in [0.1, 0.15) is 30.3 Å². The highest BCUT2D eigenvalue weighted by molar-refractivity contribution is 5.78. The summed E-state index contributed by atoms with van der Waals surface area (Å²) in [4.78, 5) is 18.0. The van der Waals surface area contributed by atoms with E-state index in [-0.39, 0.29) is 30.6 Å². The van der Waals surface area contributed by atoms with Crippen LogP contribution in [-0.2, 0) is 11.3 Å². The number of nitrogens with zero attached hydrogens (tertiary/aromatic N) is 3. The first-order chi connectivity index (χ1) is 13.0. The molecule has 1 saturated heterocycles. The molecular weight excluding hydrogens is 359 g/mol. The number of amides is 1. The van der Waals surface area contributed by atoms with Crippen LogP contribution in [-0.4, -0.2) is 20.9 Å². The lowest BCUT2D eigenvalue weighted by Crippen LogP contribution is -2.27. The first-order valence-electron chi connectivity index (χ1n) is 8.33. The van der Waals surface area contributed by atoms with E-state index in [1.165, 1.54) is 35.2 Å². The average Bonchev–Trinajstić information content (AvgIpc) is 3.22. The molecule has 0 bridgehead atoms. The Balaban J connectivity index is 1.60. The van der Waals surface area contributed by atoms with E-state index in [1.807, 2.05) is 0 Å². The lowest BCUT2D eigenvalue weighted by Gasteiger charge is -2.22. The Morgan fingerprint density at radius 1 is 1.07 bits per heavy atom. The number of halogens is 3. The van der Waals surface area contributed by atoms with Crippen LogP contribution < -0.4 is 0 Å². The molecule has 0 aliphatic carbocycles. The van der Waals surface area contributed by atoms with E-state index in [0.29, 0.717) is 17.5 Å². The number of carbonyl (C=O) groups excluding carboxylic acids is 1. The SMILES string of the molecule is O=C1CCC(c2nc(-c3cccc(F)c3)no2)N1Cc1cc(F)cc(F)c1. The third kappa shape index (κ3) is 3.55. The molecule has 1 aliphatic rings. The molecule has 5 nitrogen and oxygen atoms in total. The second-order valence-electron chi connectivity index (χ2n) is 6.32. The molecule has 0 saturated carbocycles. The minimum absolute atomic E-state index is 0.0237. The standard InChI is InChI=1S/C19H14F3N3O2/c20-13-3-1-2-12(8-13)18-23-19(27-24-18)16-4-5-17(26)25(16)10-11-6-14(21)9-15(22)7-11/h1-3,6-9,16H,4-5,10H2. The van der Waals surface area contributed by atoms with Crippen molar-refractivity contribution in [1.82, 2.24) is 15.0 Å². The van der Waals surface area contributed by atoms with Gasteiger partial charge in [-0.3, -0.25) is 4.79 Å². The van der Waals surface area contributed by atoms with Crippen molar-refractivity contribution in [2.24, 2.45) is 0 Å². The number of carbonyl (C=O) groups is 1. The first-order valence-corrected chi connectivity index (χ1v) is 8.33. The van der Waals surface area contributed by atoms with Crippen LogP contribution in [0, 0.1) is 17.5 Å². The number of rotatable bonds is 4. The maximum absolute atomic E-state index is 13.4. The van der Waals surface area contributed by atoms with Crippen molar-refractivity contribution in [3.63, 3.8) is 0 Å². The predicted molar refractivity (Wildman–Crippen MR) is 88.6 cm³/mol. The zero-order valence-corrected chi connectivity index (χ0v) is 14.0. The van der Waals surface area contributed by atoms with Gasteiger partial charge in [-0.25, -0.2) is 13.2 Å². The van der Waals surface area contributed by atoms with Crippen LogP contribution in [0.5, 0.6) is 0 Å². The number of hydrogen-bond acceptors (Lipinski definition) is 4. The Labute approximate surface area is 152 Å². The third-order valence-corrected chi connectivity index (χ3v) is 4.41. The van der Waals surface area contributed by atoms with Gasteiger partial charge in [-0.1, -0.05) is 17.3 Å². The van der Waals surface area contributed by atoms with Gasteiger partial charge in [0.15, 0.2) is 0 Å². The fourth-order valence-corrected chi connectivity index (χ4v) is 3.20. The van der Waals surface area contributed by atoms with Crippen molar-refractivity contribution in [2.75, 3.05) is 0 Å². The summed E-state index contributed by atoms with van der Waals surface area (Å²) in [6, 6.07) is 8.39. The number of likely N-dealkylation sites (tertiary alicyclic amines) is 1. The van der Waals surface area contributed by atoms with Crippen LogP contribution in [0.15, 0.2) is 47.0 Å². The van der Waals surface area contributed by atoms with Crippen LogP contribution in [0.2, 0.25) is 0 Å². The normalized spacial score (nSPS) is 16.9. The maximum Gasteiger partial charge on any atom is 0.249 e. The lowest BCUT2D eigenvalue weighted by atomic mass is 10.1. The summed E-state index contributed by atoms with van der Waals surface area (Å²) in [6.45, 7) is 0.0237. The second-order valence-corrected chi connectivity index (χ2v) is 6.32. The van der Waals surface area contributed by atoms with E-state index < -0.39 is 23.5 Å². The van der Waals surface area contributed by atoms with Gasteiger partial charge in [0.25, 0.3) is 0 Å². The van der Waals surface area contributed by atoms with Crippen molar-refractivity contribution >= 4 is 5.91 Å². The fourth-order valence-electron chi connectivity index (χ4n) is 3.20. The van der Waals surface area contributed by atoms with Crippen LogP contribution in [0.3, 0.4) is 0 Å². The van der Waals surface area contributed by atoms with E-state index in [1.54, 1.807) is 6.07 Å². The highest BCUT2D eigenvalue weighted by Gasteiger charge is 2.36. The lowest BCUT2D eigenvalue weighted by molar-refractivity contribution is -0.130. The summed E-state index contributed by atoms with van der Waals surface area (Å²) in [5.74, 6) is -1.60. The number of benzene rings is 2. The van der Waals surface area contributed by atoms with Crippen molar-refractivity contribution in [3.05, 3.63) is 71.4 Å². The van der Waals surface area contributed by atoms with Crippen molar-refractivity contribution in [2.45, 2.75) is 25.4 Å². The zero-order valence-electron chi connectivity index (χ0n) is 14.0. The molecule has 0 N–H and O–H groups in total. The van der Waals surface area contributed by atoms with Crippen LogP contribution in [0.25, 0.3) is 11.4 Å². The van der Waals surface area contributed by atoms with Gasteiger partial charge in [0.05, 0.1) is 0 Å².